The van der Waals surface area contributed by atoms with E-state index in [9.17, 15) is 39.5 Å². The molecule has 0 amide bonds. The van der Waals surface area contributed by atoms with Crippen molar-refractivity contribution >= 4 is 0 Å². The summed E-state index contributed by atoms with van der Waals surface area (Å²) in [6.07, 6.45) is -6.46. The second-order valence-corrected chi connectivity index (χ2v) is 7.02. The molecule has 0 radical (unpaired) electrons. The van der Waals surface area contributed by atoms with Crippen LogP contribution in [-0.2, 0) is 9.47 Å². The standard InChI is InChI=1S/C15H21F9O2/c1-8(2)12(17,18)10(4,5)26-14(21,15(22,23)24)13(19,20)11(6,7)25-9(3)16/h8H,3H2,1-2,4-7H3. The minimum atomic E-state index is -6.46. The molecule has 0 aliphatic rings. The summed E-state index contributed by atoms with van der Waals surface area (Å²) in [5.74, 6) is -17.3. The zero-order valence-electron chi connectivity index (χ0n) is 15.0. The van der Waals surface area contributed by atoms with Gasteiger partial charge in [-0.05, 0) is 34.3 Å². The molecular weight excluding hydrogens is 383 g/mol. The molecule has 0 aromatic heterocycles. The van der Waals surface area contributed by atoms with Gasteiger partial charge in [-0.25, -0.2) is 8.78 Å². The van der Waals surface area contributed by atoms with E-state index >= 15 is 0 Å². The maximum Gasteiger partial charge on any atom is 0.455 e. The molecule has 0 aromatic carbocycles. The first-order valence-electron chi connectivity index (χ1n) is 7.31. The van der Waals surface area contributed by atoms with Crippen LogP contribution in [0, 0.1) is 5.92 Å². The summed E-state index contributed by atoms with van der Waals surface area (Å²) in [6.45, 7) is 5.36. The van der Waals surface area contributed by atoms with Gasteiger partial charge in [0.25, 0.3) is 11.9 Å². The second kappa shape index (κ2) is 6.79. The molecule has 0 heterocycles. The molecule has 1 unspecified atom stereocenters. The van der Waals surface area contributed by atoms with Crippen molar-refractivity contribution in [3.63, 3.8) is 0 Å². The van der Waals surface area contributed by atoms with Crippen LogP contribution < -0.4 is 0 Å². The van der Waals surface area contributed by atoms with E-state index in [0.29, 0.717) is 13.8 Å². The van der Waals surface area contributed by atoms with Crippen molar-refractivity contribution < 1.29 is 49.0 Å². The Kier molecular flexibility index (Phi) is 6.50. The predicted octanol–water partition coefficient (Wildman–Crippen LogP) is 6.17. The van der Waals surface area contributed by atoms with Gasteiger partial charge in [0.15, 0.2) is 5.60 Å². The number of hydrogen-bond acceptors (Lipinski definition) is 2. The van der Waals surface area contributed by atoms with Gasteiger partial charge in [0.2, 0.25) is 0 Å². The lowest BCUT2D eigenvalue weighted by atomic mass is 9.88. The van der Waals surface area contributed by atoms with Gasteiger partial charge in [-0.15, -0.1) is 0 Å². The largest absolute Gasteiger partial charge is 0.459 e. The van der Waals surface area contributed by atoms with Crippen LogP contribution in [0.25, 0.3) is 0 Å². The zero-order chi connectivity index (χ0) is 21.6. The van der Waals surface area contributed by atoms with Gasteiger partial charge in [-0.1, -0.05) is 13.8 Å². The summed E-state index contributed by atoms with van der Waals surface area (Å²) in [5, 5.41) is 0. The van der Waals surface area contributed by atoms with Gasteiger partial charge in [0, 0.05) is 5.92 Å². The predicted molar refractivity (Wildman–Crippen MR) is 75.2 cm³/mol. The first-order chi connectivity index (χ1) is 11.1. The lowest BCUT2D eigenvalue weighted by Gasteiger charge is -2.47. The van der Waals surface area contributed by atoms with E-state index in [2.05, 4.69) is 16.1 Å². The van der Waals surface area contributed by atoms with E-state index < -0.39 is 47.0 Å². The number of hydrogen-bond donors (Lipinski definition) is 0. The maximum absolute atomic E-state index is 14.6. The lowest BCUT2D eigenvalue weighted by molar-refractivity contribution is -0.456. The Hall–Kier alpha value is -1.13. The van der Waals surface area contributed by atoms with E-state index in [4.69, 9.17) is 0 Å². The topological polar surface area (TPSA) is 18.5 Å². The third-order valence-corrected chi connectivity index (χ3v) is 3.81. The van der Waals surface area contributed by atoms with Crippen molar-refractivity contribution in [3.05, 3.63) is 12.6 Å². The molecule has 0 aromatic rings. The van der Waals surface area contributed by atoms with Gasteiger partial charge < -0.3 is 9.47 Å². The molecule has 0 aliphatic heterocycles. The highest BCUT2D eigenvalue weighted by Gasteiger charge is 2.80. The van der Waals surface area contributed by atoms with E-state index in [0.717, 1.165) is 13.8 Å². The zero-order valence-corrected chi connectivity index (χ0v) is 15.0. The van der Waals surface area contributed by atoms with Crippen LogP contribution >= 0.6 is 0 Å². The SMILES string of the molecule is C=C(F)OC(C)(C)C(F)(F)C(F)(OC(C)(C)C(F)(F)C(C)C)C(F)(F)F. The Labute approximate surface area is 145 Å². The number of rotatable bonds is 8. The summed E-state index contributed by atoms with van der Waals surface area (Å²) in [6, 6.07) is -1.93. The average Bonchev–Trinajstić information content (AvgIpc) is 2.34. The minimum Gasteiger partial charge on any atom is -0.459 e. The third-order valence-electron chi connectivity index (χ3n) is 3.81. The Morgan fingerprint density at radius 1 is 0.808 bits per heavy atom. The minimum absolute atomic E-state index is 0.231. The Morgan fingerprint density at radius 3 is 1.46 bits per heavy atom. The van der Waals surface area contributed by atoms with Crippen molar-refractivity contribution in [3.8, 4) is 0 Å². The number of alkyl halides is 8. The van der Waals surface area contributed by atoms with Gasteiger partial charge in [-0.3, -0.25) is 0 Å². The fourth-order valence-electron chi connectivity index (χ4n) is 2.14. The molecule has 26 heavy (non-hydrogen) atoms. The first kappa shape index (κ1) is 24.9. The second-order valence-electron chi connectivity index (χ2n) is 7.02. The van der Waals surface area contributed by atoms with Gasteiger partial charge >= 0.3 is 18.0 Å². The molecule has 0 rings (SSSR count). The normalized spacial score (nSPS) is 17.2. The number of halogens is 9. The van der Waals surface area contributed by atoms with Crippen molar-refractivity contribution in [2.24, 2.45) is 5.92 Å². The fourth-order valence-corrected chi connectivity index (χ4v) is 2.14. The Morgan fingerprint density at radius 2 is 1.19 bits per heavy atom. The number of ether oxygens (including phenoxy) is 2. The molecule has 0 fully saturated rings. The smallest absolute Gasteiger partial charge is 0.455 e. The highest BCUT2D eigenvalue weighted by molar-refractivity contribution is 5.06. The molecule has 0 aliphatic carbocycles. The molecule has 0 saturated carbocycles. The quantitative estimate of drug-likeness (QED) is 0.356. The molecule has 0 N–H and O–H groups in total. The van der Waals surface area contributed by atoms with Crippen molar-refractivity contribution in [2.75, 3.05) is 0 Å². The molecule has 156 valence electrons. The molecule has 2 nitrogen and oxygen atoms in total. The average molecular weight is 404 g/mol. The van der Waals surface area contributed by atoms with Crippen LogP contribution in [0.4, 0.5) is 39.5 Å². The fraction of sp³-hybridized carbons (Fsp3) is 0.867. The van der Waals surface area contributed by atoms with Crippen LogP contribution in [0.3, 0.4) is 0 Å². The van der Waals surface area contributed by atoms with Crippen LogP contribution in [0.1, 0.15) is 41.5 Å². The van der Waals surface area contributed by atoms with Crippen LogP contribution in [-0.4, -0.2) is 35.1 Å². The van der Waals surface area contributed by atoms with Gasteiger partial charge in [-0.2, -0.15) is 30.7 Å². The summed E-state index contributed by atoms with van der Waals surface area (Å²) >= 11 is 0. The highest BCUT2D eigenvalue weighted by atomic mass is 19.4. The molecule has 1 atom stereocenters. The monoisotopic (exact) mass is 404 g/mol. The van der Waals surface area contributed by atoms with E-state index in [1.165, 1.54) is 0 Å². The van der Waals surface area contributed by atoms with Crippen molar-refractivity contribution in [1.82, 2.24) is 0 Å². The molecule has 0 bridgehead atoms. The molecule has 0 spiro atoms. The van der Waals surface area contributed by atoms with Gasteiger partial charge in [0.05, 0.1) is 0 Å². The van der Waals surface area contributed by atoms with Gasteiger partial charge in [0.1, 0.15) is 5.60 Å². The van der Waals surface area contributed by atoms with E-state index in [-0.39, 0.29) is 13.8 Å². The molecule has 0 saturated heterocycles. The summed E-state index contributed by atoms with van der Waals surface area (Å²) in [4.78, 5) is 0. The highest BCUT2D eigenvalue weighted by Crippen LogP contribution is 2.55. The summed E-state index contributed by atoms with van der Waals surface area (Å²) in [5.41, 5.74) is -6.79. The summed E-state index contributed by atoms with van der Waals surface area (Å²) in [7, 11) is 0. The first-order valence-corrected chi connectivity index (χ1v) is 7.31. The molecule has 11 heteroatoms. The maximum atomic E-state index is 14.6. The summed E-state index contributed by atoms with van der Waals surface area (Å²) < 4.78 is 132. The van der Waals surface area contributed by atoms with Crippen molar-refractivity contribution in [2.45, 2.75) is 76.6 Å². The van der Waals surface area contributed by atoms with Crippen LogP contribution in [0.5, 0.6) is 0 Å². The Balaban J connectivity index is 6.38. The Bertz CT molecular complexity index is 524. The van der Waals surface area contributed by atoms with Crippen molar-refractivity contribution in [1.29, 1.82) is 0 Å². The van der Waals surface area contributed by atoms with Crippen LogP contribution in [0.2, 0.25) is 0 Å². The van der Waals surface area contributed by atoms with Crippen LogP contribution in [0.15, 0.2) is 12.6 Å². The third kappa shape index (κ3) is 4.07. The van der Waals surface area contributed by atoms with E-state index in [1.807, 2.05) is 0 Å². The molecular formula is C15H21F9O2. The van der Waals surface area contributed by atoms with E-state index in [1.54, 1.807) is 0 Å². The lowest BCUT2D eigenvalue weighted by Crippen LogP contribution is -2.69.